The Balaban J connectivity index is 2.75. The standard InChI is InChI=1S/C11H17N3O2S/c1-3-4-5-12-11(16)8-6-10(15)14-9(13-8)7-17-2/h6H,3-5,7H2,1-2H3,(H,12,16)(H,13,14,15). The number of amides is 1. The molecule has 0 unspecified atom stereocenters. The predicted molar refractivity (Wildman–Crippen MR) is 69.3 cm³/mol. The summed E-state index contributed by atoms with van der Waals surface area (Å²) in [7, 11) is 0. The number of aromatic nitrogens is 2. The van der Waals surface area contributed by atoms with Gasteiger partial charge in [0, 0.05) is 12.6 Å². The van der Waals surface area contributed by atoms with Crippen molar-refractivity contribution < 1.29 is 4.79 Å². The fourth-order valence-corrected chi connectivity index (χ4v) is 1.71. The molecular formula is C11H17N3O2S. The van der Waals surface area contributed by atoms with Crippen LogP contribution in [0.5, 0.6) is 0 Å². The second-order valence-electron chi connectivity index (χ2n) is 3.62. The van der Waals surface area contributed by atoms with Crippen LogP contribution in [0.25, 0.3) is 0 Å². The molecule has 0 fully saturated rings. The van der Waals surface area contributed by atoms with Crippen LogP contribution < -0.4 is 10.9 Å². The fraction of sp³-hybridized carbons (Fsp3) is 0.545. The minimum atomic E-state index is -0.287. The quantitative estimate of drug-likeness (QED) is 0.748. The lowest BCUT2D eigenvalue weighted by Crippen LogP contribution is -2.27. The number of carbonyl (C=O) groups is 1. The summed E-state index contributed by atoms with van der Waals surface area (Å²) in [6.45, 7) is 2.66. The van der Waals surface area contributed by atoms with Gasteiger partial charge in [-0.15, -0.1) is 0 Å². The maximum Gasteiger partial charge on any atom is 0.270 e. The lowest BCUT2D eigenvalue weighted by Gasteiger charge is -2.04. The van der Waals surface area contributed by atoms with Gasteiger partial charge in [-0.25, -0.2) is 4.98 Å². The molecule has 0 bridgehead atoms. The van der Waals surface area contributed by atoms with E-state index in [1.54, 1.807) is 11.8 Å². The van der Waals surface area contributed by atoms with Crippen LogP contribution in [0, 0.1) is 0 Å². The van der Waals surface area contributed by atoms with Crippen LogP contribution in [0.2, 0.25) is 0 Å². The van der Waals surface area contributed by atoms with Crippen molar-refractivity contribution in [1.82, 2.24) is 15.3 Å². The fourth-order valence-electron chi connectivity index (χ4n) is 1.30. The molecule has 0 spiro atoms. The summed E-state index contributed by atoms with van der Waals surface area (Å²) in [6.07, 6.45) is 3.85. The first-order chi connectivity index (χ1) is 8.17. The monoisotopic (exact) mass is 255 g/mol. The Bertz CT molecular complexity index is 431. The van der Waals surface area contributed by atoms with Gasteiger partial charge in [-0.05, 0) is 12.7 Å². The highest BCUT2D eigenvalue weighted by atomic mass is 32.2. The highest BCUT2D eigenvalue weighted by molar-refractivity contribution is 7.97. The largest absolute Gasteiger partial charge is 0.351 e. The Morgan fingerprint density at radius 1 is 1.59 bits per heavy atom. The second-order valence-corrected chi connectivity index (χ2v) is 4.49. The van der Waals surface area contributed by atoms with Crippen molar-refractivity contribution in [3.63, 3.8) is 0 Å². The predicted octanol–water partition coefficient (Wildman–Crippen LogP) is 1.16. The third-order valence-electron chi connectivity index (χ3n) is 2.12. The minimum absolute atomic E-state index is 0.189. The Kier molecular flexibility index (Phi) is 5.76. The van der Waals surface area contributed by atoms with Crippen LogP contribution >= 0.6 is 11.8 Å². The molecule has 0 atom stereocenters. The van der Waals surface area contributed by atoms with E-state index in [2.05, 4.69) is 15.3 Å². The zero-order chi connectivity index (χ0) is 12.7. The van der Waals surface area contributed by atoms with Gasteiger partial charge in [0.15, 0.2) is 0 Å². The number of nitrogens with one attached hydrogen (secondary N) is 2. The van der Waals surface area contributed by atoms with E-state index in [1.807, 2.05) is 13.2 Å². The maximum absolute atomic E-state index is 11.7. The van der Waals surface area contributed by atoms with Gasteiger partial charge in [0.25, 0.3) is 11.5 Å². The second kappa shape index (κ2) is 7.11. The molecule has 1 amide bonds. The summed E-state index contributed by atoms with van der Waals surface area (Å²) < 4.78 is 0. The molecule has 0 aliphatic heterocycles. The average molecular weight is 255 g/mol. The van der Waals surface area contributed by atoms with Crippen molar-refractivity contribution in [2.75, 3.05) is 12.8 Å². The molecule has 1 rings (SSSR count). The van der Waals surface area contributed by atoms with Gasteiger partial charge in [0.2, 0.25) is 0 Å². The van der Waals surface area contributed by atoms with Crippen LogP contribution in [-0.2, 0) is 5.75 Å². The molecule has 2 N–H and O–H groups in total. The van der Waals surface area contributed by atoms with Crippen molar-refractivity contribution in [1.29, 1.82) is 0 Å². The molecule has 0 saturated carbocycles. The first kappa shape index (κ1) is 13.8. The highest BCUT2D eigenvalue weighted by Crippen LogP contribution is 2.02. The summed E-state index contributed by atoms with van der Waals surface area (Å²) in [5, 5.41) is 2.74. The van der Waals surface area contributed by atoms with Gasteiger partial charge < -0.3 is 10.3 Å². The average Bonchev–Trinajstić information content (AvgIpc) is 2.29. The van der Waals surface area contributed by atoms with E-state index in [4.69, 9.17) is 0 Å². The molecule has 5 nitrogen and oxygen atoms in total. The van der Waals surface area contributed by atoms with Crippen LogP contribution in [0.3, 0.4) is 0 Å². The van der Waals surface area contributed by atoms with Crippen molar-refractivity contribution in [3.8, 4) is 0 Å². The van der Waals surface area contributed by atoms with Crippen molar-refractivity contribution in [2.24, 2.45) is 0 Å². The first-order valence-corrected chi connectivity index (χ1v) is 6.94. The van der Waals surface area contributed by atoms with E-state index < -0.39 is 0 Å². The zero-order valence-electron chi connectivity index (χ0n) is 10.1. The Hall–Kier alpha value is -1.30. The number of nitrogens with zero attached hydrogens (tertiary/aromatic N) is 1. The number of thioether (sulfide) groups is 1. The van der Waals surface area contributed by atoms with Crippen LogP contribution in [0.4, 0.5) is 0 Å². The summed E-state index contributed by atoms with van der Waals surface area (Å²) >= 11 is 1.54. The van der Waals surface area contributed by atoms with Crippen molar-refractivity contribution >= 4 is 17.7 Å². The third-order valence-corrected chi connectivity index (χ3v) is 2.68. The Morgan fingerprint density at radius 3 is 3.00 bits per heavy atom. The van der Waals surface area contributed by atoms with E-state index in [1.165, 1.54) is 6.07 Å². The normalized spacial score (nSPS) is 10.2. The molecule has 1 aromatic heterocycles. The number of carbonyl (C=O) groups excluding carboxylic acids is 1. The summed E-state index contributed by atoms with van der Waals surface area (Å²) in [5.74, 6) is 0.836. The van der Waals surface area contributed by atoms with E-state index >= 15 is 0 Å². The molecule has 0 aliphatic rings. The van der Waals surface area contributed by atoms with Crippen molar-refractivity contribution in [2.45, 2.75) is 25.5 Å². The van der Waals surface area contributed by atoms with Gasteiger partial charge in [-0.3, -0.25) is 9.59 Å². The number of hydrogen-bond donors (Lipinski definition) is 2. The Morgan fingerprint density at radius 2 is 2.35 bits per heavy atom. The summed E-state index contributed by atoms with van der Waals surface area (Å²) in [5.41, 5.74) is -0.0985. The summed E-state index contributed by atoms with van der Waals surface area (Å²) in [4.78, 5) is 29.7. The topological polar surface area (TPSA) is 74.8 Å². The molecule has 0 aliphatic carbocycles. The SMILES string of the molecule is CCCCNC(=O)c1cc(=O)[nH]c(CSC)n1. The third kappa shape index (κ3) is 4.60. The number of H-pyrrole nitrogens is 1. The number of unbranched alkanes of at least 4 members (excludes halogenated alkanes) is 1. The Labute approximate surface area is 104 Å². The highest BCUT2D eigenvalue weighted by Gasteiger charge is 2.09. The summed E-state index contributed by atoms with van der Waals surface area (Å²) in [6, 6.07) is 1.23. The van der Waals surface area contributed by atoms with E-state index in [-0.39, 0.29) is 17.2 Å². The molecule has 94 valence electrons. The lowest BCUT2D eigenvalue weighted by atomic mass is 10.3. The molecular weight excluding hydrogens is 238 g/mol. The molecule has 6 heteroatoms. The molecule has 1 aromatic rings. The molecule has 1 heterocycles. The van der Waals surface area contributed by atoms with Gasteiger partial charge in [0.05, 0.1) is 5.75 Å². The lowest BCUT2D eigenvalue weighted by molar-refractivity contribution is 0.0947. The minimum Gasteiger partial charge on any atom is -0.351 e. The molecule has 0 saturated heterocycles. The van der Waals surface area contributed by atoms with Crippen LogP contribution in [-0.4, -0.2) is 28.7 Å². The zero-order valence-corrected chi connectivity index (χ0v) is 10.9. The maximum atomic E-state index is 11.7. The van der Waals surface area contributed by atoms with Crippen LogP contribution in [0.1, 0.15) is 36.1 Å². The van der Waals surface area contributed by atoms with E-state index in [9.17, 15) is 9.59 Å². The van der Waals surface area contributed by atoms with Crippen molar-refractivity contribution in [3.05, 3.63) is 27.9 Å². The molecule has 17 heavy (non-hydrogen) atoms. The van der Waals surface area contributed by atoms with Gasteiger partial charge in [-0.2, -0.15) is 11.8 Å². The molecule has 0 aromatic carbocycles. The molecule has 0 radical (unpaired) electrons. The van der Waals surface area contributed by atoms with Gasteiger partial charge >= 0.3 is 0 Å². The number of aromatic amines is 1. The first-order valence-electron chi connectivity index (χ1n) is 5.54. The van der Waals surface area contributed by atoms with E-state index in [0.717, 1.165) is 12.8 Å². The van der Waals surface area contributed by atoms with Gasteiger partial charge in [0.1, 0.15) is 11.5 Å². The van der Waals surface area contributed by atoms with E-state index in [0.29, 0.717) is 18.1 Å². The smallest absolute Gasteiger partial charge is 0.270 e. The van der Waals surface area contributed by atoms with Crippen LogP contribution in [0.15, 0.2) is 10.9 Å². The number of hydrogen-bond acceptors (Lipinski definition) is 4. The number of rotatable bonds is 6. The van der Waals surface area contributed by atoms with Gasteiger partial charge in [-0.1, -0.05) is 13.3 Å².